The molecule has 0 fully saturated rings. The highest BCUT2D eigenvalue weighted by atomic mass is 19.2. The fourth-order valence-corrected chi connectivity index (χ4v) is 2.25. The van der Waals surface area contributed by atoms with Gasteiger partial charge in [-0.1, -0.05) is 25.4 Å². The molecule has 0 spiro atoms. The van der Waals surface area contributed by atoms with Gasteiger partial charge in [-0.3, -0.25) is 9.59 Å². The van der Waals surface area contributed by atoms with Gasteiger partial charge >= 0.3 is 0 Å². The van der Waals surface area contributed by atoms with Crippen molar-refractivity contribution in [3.63, 3.8) is 0 Å². The lowest BCUT2D eigenvalue weighted by atomic mass is 9.97. The van der Waals surface area contributed by atoms with Crippen molar-refractivity contribution in [3.05, 3.63) is 47.0 Å². The number of anilines is 1. The fourth-order valence-electron chi connectivity index (χ4n) is 2.25. The summed E-state index contributed by atoms with van der Waals surface area (Å²) in [6, 6.07) is 1.90. The molecule has 6 nitrogen and oxygen atoms in total. The van der Waals surface area contributed by atoms with Crippen molar-refractivity contribution in [2.45, 2.75) is 33.2 Å². The van der Waals surface area contributed by atoms with Crippen LogP contribution in [-0.4, -0.2) is 23.0 Å². The van der Waals surface area contributed by atoms with Crippen LogP contribution in [0.2, 0.25) is 0 Å². The number of benzene rings is 1. The summed E-state index contributed by atoms with van der Waals surface area (Å²) < 4.78 is 45.0. The number of amides is 2. The number of halogens is 3. The Bertz CT molecular complexity index is 823. The lowest BCUT2D eigenvalue weighted by Gasteiger charge is -2.23. The topological polar surface area (TPSA) is 84.2 Å². The standard InChI is InChI=1S/C17H18F3N3O3/c1-4-8(2)15(17(25)21-12-7-9(3)26-23-12)22-16(24)10-5-6-11(18)14(20)13(10)19/h5-8,15H,4H2,1-3H3,(H,22,24)(H,21,23,25)/t8?,15-/m0/s1. The third-order valence-electron chi connectivity index (χ3n) is 3.94. The second kappa shape index (κ2) is 8.03. The second-order valence-electron chi connectivity index (χ2n) is 5.87. The molecule has 1 aromatic heterocycles. The molecule has 2 atom stereocenters. The lowest BCUT2D eigenvalue weighted by molar-refractivity contribution is -0.119. The summed E-state index contributed by atoms with van der Waals surface area (Å²) in [5.74, 6) is -6.07. The van der Waals surface area contributed by atoms with Crippen LogP contribution in [-0.2, 0) is 4.79 Å². The highest BCUT2D eigenvalue weighted by molar-refractivity contribution is 6.01. The number of rotatable bonds is 6. The molecule has 2 rings (SSSR count). The third kappa shape index (κ3) is 4.22. The summed E-state index contributed by atoms with van der Waals surface area (Å²) in [5.41, 5.74) is -0.692. The summed E-state index contributed by atoms with van der Waals surface area (Å²) in [6.07, 6.45) is 0.524. The maximum absolute atomic E-state index is 13.8. The van der Waals surface area contributed by atoms with E-state index in [1.54, 1.807) is 20.8 Å². The minimum absolute atomic E-state index is 0.161. The highest BCUT2D eigenvalue weighted by Crippen LogP contribution is 2.17. The molecule has 2 aromatic rings. The number of hydrogen-bond acceptors (Lipinski definition) is 4. The van der Waals surface area contributed by atoms with Crippen LogP contribution in [0.15, 0.2) is 22.7 Å². The molecular formula is C17H18F3N3O3. The van der Waals surface area contributed by atoms with Gasteiger partial charge < -0.3 is 15.2 Å². The van der Waals surface area contributed by atoms with Crippen LogP contribution in [0.5, 0.6) is 0 Å². The molecular weight excluding hydrogens is 351 g/mol. The van der Waals surface area contributed by atoms with Crippen molar-refractivity contribution in [1.82, 2.24) is 10.5 Å². The Morgan fingerprint density at radius 1 is 1.23 bits per heavy atom. The normalized spacial score (nSPS) is 13.2. The number of aryl methyl sites for hydroxylation is 1. The molecule has 1 aromatic carbocycles. The average molecular weight is 369 g/mol. The first-order chi connectivity index (χ1) is 12.2. The fraction of sp³-hybridized carbons (Fsp3) is 0.353. The maximum atomic E-state index is 13.8. The highest BCUT2D eigenvalue weighted by Gasteiger charge is 2.29. The van der Waals surface area contributed by atoms with Gasteiger partial charge in [-0.25, -0.2) is 13.2 Å². The summed E-state index contributed by atoms with van der Waals surface area (Å²) in [6.45, 7) is 5.15. The van der Waals surface area contributed by atoms with Gasteiger partial charge in [0, 0.05) is 6.07 Å². The van der Waals surface area contributed by atoms with Crippen molar-refractivity contribution in [3.8, 4) is 0 Å². The van der Waals surface area contributed by atoms with Crippen LogP contribution in [0.1, 0.15) is 36.4 Å². The molecule has 0 radical (unpaired) electrons. The van der Waals surface area contributed by atoms with Gasteiger partial charge in [-0.15, -0.1) is 0 Å². The van der Waals surface area contributed by atoms with E-state index < -0.39 is 40.9 Å². The molecule has 0 aliphatic carbocycles. The Kier molecular flexibility index (Phi) is 6.01. The molecule has 0 saturated carbocycles. The first-order valence-corrected chi connectivity index (χ1v) is 7.93. The van der Waals surface area contributed by atoms with E-state index in [1.807, 2.05) is 0 Å². The van der Waals surface area contributed by atoms with E-state index in [1.165, 1.54) is 6.07 Å². The van der Waals surface area contributed by atoms with Crippen LogP contribution in [0.25, 0.3) is 0 Å². The second-order valence-corrected chi connectivity index (χ2v) is 5.87. The predicted molar refractivity (Wildman–Crippen MR) is 86.9 cm³/mol. The number of aromatic nitrogens is 1. The van der Waals surface area contributed by atoms with E-state index in [0.717, 1.165) is 6.07 Å². The first-order valence-electron chi connectivity index (χ1n) is 7.93. The zero-order valence-corrected chi connectivity index (χ0v) is 14.4. The maximum Gasteiger partial charge on any atom is 0.255 e. The summed E-state index contributed by atoms with van der Waals surface area (Å²) >= 11 is 0. The molecule has 2 N–H and O–H groups in total. The summed E-state index contributed by atoms with van der Waals surface area (Å²) in [4.78, 5) is 24.7. The Morgan fingerprint density at radius 3 is 2.50 bits per heavy atom. The lowest BCUT2D eigenvalue weighted by Crippen LogP contribution is -2.48. The van der Waals surface area contributed by atoms with Gasteiger partial charge in [-0.05, 0) is 25.0 Å². The van der Waals surface area contributed by atoms with E-state index in [9.17, 15) is 22.8 Å². The Morgan fingerprint density at radius 2 is 1.92 bits per heavy atom. The molecule has 9 heteroatoms. The summed E-state index contributed by atoms with van der Waals surface area (Å²) in [7, 11) is 0. The van der Waals surface area contributed by atoms with Crippen LogP contribution in [0.4, 0.5) is 19.0 Å². The van der Waals surface area contributed by atoms with Crippen LogP contribution in [0, 0.1) is 30.3 Å². The van der Waals surface area contributed by atoms with Gasteiger partial charge in [0.1, 0.15) is 11.8 Å². The Labute approximate surface area is 147 Å². The number of nitrogens with zero attached hydrogens (tertiary/aromatic N) is 1. The van der Waals surface area contributed by atoms with Gasteiger partial charge in [0.05, 0.1) is 5.56 Å². The predicted octanol–water partition coefficient (Wildman–Crippen LogP) is 3.18. The molecule has 2 amide bonds. The number of carbonyl (C=O) groups excluding carboxylic acids is 2. The van der Waals surface area contributed by atoms with E-state index in [0.29, 0.717) is 18.2 Å². The number of hydrogen-bond donors (Lipinski definition) is 2. The Balaban J connectivity index is 2.21. The van der Waals surface area contributed by atoms with Crippen molar-refractivity contribution in [2.24, 2.45) is 5.92 Å². The quantitative estimate of drug-likeness (QED) is 0.766. The van der Waals surface area contributed by atoms with Gasteiger partial charge in [0.25, 0.3) is 5.91 Å². The molecule has 0 saturated heterocycles. The van der Waals surface area contributed by atoms with Crippen molar-refractivity contribution in [2.75, 3.05) is 5.32 Å². The average Bonchev–Trinajstić information content (AvgIpc) is 3.01. The van der Waals surface area contributed by atoms with Crippen molar-refractivity contribution < 1.29 is 27.3 Å². The zero-order chi connectivity index (χ0) is 19.4. The van der Waals surface area contributed by atoms with Crippen molar-refractivity contribution >= 4 is 17.6 Å². The van der Waals surface area contributed by atoms with Crippen LogP contribution in [0.3, 0.4) is 0 Å². The van der Waals surface area contributed by atoms with E-state index in [2.05, 4.69) is 15.8 Å². The zero-order valence-electron chi connectivity index (χ0n) is 14.4. The monoisotopic (exact) mass is 369 g/mol. The van der Waals surface area contributed by atoms with Crippen LogP contribution < -0.4 is 10.6 Å². The molecule has 140 valence electrons. The van der Waals surface area contributed by atoms with E-state index in [4.69, 9.17) is 4.52 Å². The molecule has 0 aliphatic rings. The van der Waals surface area contributed by atoms with Crippen molar-refractivity contribution in [1.29, 1.82) is 0 Å². The van der Waals surface area contributed by atoms with Gasteiger partial charge in [0.15, 0.2) is 23.3 Å². The largest absolute Gasteiger partial charge is 0.360 e. The third-order valence-corrected chi connectivity index (χ3v) is 3.94. The van der Waals surface area contributed by atoms with E-state index >= 15 is 0 Å². The smallest absolute Gasteiger partial charge is 0.255 e. The van der Waals surface area contributed by atoms with E-state index in [-0.39, 0.29) is 11.7 Å². The SMILES string of the molecule is CCC(C)[C@H](NC(=O)c1ccc(F)c(F)c1F)C(=O)Nc1cc(C)on1. The molecule has 0 aliphatic heterocycles. The minimum atomic E-state index is -1.75. The number of carbonyl (C=O) groups is 2. The van der Waals surface area contributed by atoms with Gasteiger partial charge in [0.2, 0.25) is 5.91 Å². The van der Waals surface area contributed by atoms with Crippen LogP contribution >= 0.6 is 0 Å². The van der Waals surface area contributed by atoms with Gasteiger partial charge in [-0.2, -0.15) is 0 Å². The molecule has 1 unspecified atom stereocenters. The molecule has 1 heterocycles. The Hall–Kier alpha value is -2.84. The first kappa shape index (κ1) is 19.5. The number of nitrogens with one attached hydrogen (secondary N) is 2. The minimum Gasteiger partial charge on any atom is -0.360 e. The summed E-state index contributed by atoms with van der Waals surface area (Å²) in [5, 5.41) is 8.47. The molecule has 0 bridgehead atoms. The molecule has 26 heavy (non-hydrogen) atoms.